The zero-order chi connectivity index (χ0) is 10.4. The summed E-state index contributed by atoms with van der Waals surface area (Å²) in [6.07, 6.45) is 0. The lowest BCUT2D eigenvalue weighted by Crippen LogP contribution is -2.36. The first-order chi connectivity index (χ1) is 6.68. The van der Waals surface area contributed by atoms with Crippen molar-refractivity contribution in [3.05, 3.63) is 22.4 Å². The lowest BCUT2D eigenvalue weighted by atomic mass is 10.4. The summed E-state index contributed by atoms with van der Waals surface area (Å²) in [6.45, 7) is 5.07. The molecule has 0 aliphatic carbocycles. The van der Waals surface area contributed by atoms with Gasteiger partial charge < -0.3 is 10.6 Å². The molecule has 3 nitrogen and oxygen atoms in total. The van der Waals surface area contributed by atoms with Gasteiger partial charge in [-0.25, -0.2) is 0 Å². The minimum atomic E-state index is 0.0482. The average molecular weight is 212 g/mol. The number of carbonyl (C=O) groups is 1. The largest absolute Gasteiger partial charge is 0.350 e. The van der Waals surface area contributed by atoms with E-state index in [-0.39, 0.29) is 5.91 Å². The van der Waals surface area contributed by atoms with Crippen LogP contribution >= 0.6 is 11.3 Å². The Morgan fingerprint density at radius 2 is 2.36 bits per heavy atom. The Morgan fingerprint density at radius 1 is 1.57 bits per heavy atom. The number of hydrogen-bond donors (Lipinski definition) is 2. The van der Waals surface area contributed by atoms with E-state index < -0.39 is 0 Å². The maximum atomic E-state index is 11.3. The van der Waals surface area contributed by atoms with Gasteiger partial charge in [-0.05, 0) is 11.4 Å². The van der Waals surface area contributed by atoms with E-state index in [1.807, 2.05) is 31.4 Å². The molecule has 1 amide bonds. The molecule has 1 aromatic rings. The third-order valence-corrected chi connectivity index (χ3v) is 2.59. The van der Waals surface area contributed by atoms with Crippen LogP contribution in [-0.2, 0) is 11.3 Å². The normalized spacial score (nSPS) is 10.5. The lowest BCUT2D eigenvalue weighted by Gasteiger charge is -2.07. The van der Waals surface area contributed by atoms with Crippen molar-refractivity contribution in [3.63, 3.8) is 0 Å². The Labute approximate surface area is 88.5 Å². The van der Waals surface area contributed by atoms with Crippen LogP contribution in [0.2, 0.25) is 0 Å². The number of thiophene rings is 1. The fraction of sp³-hybridized carbons (Fsp3) is 0.500. The fourth-order valence-electron chi connectivity index (χ4n) is 0.958. The van der Waals surface area contributed by atoms with Gasteiger partial charge in [0.2, 0.25) is 5.91 Å². The molecule has 0 saturated heterocycles. The Kier molecular flexibility index (Phi) is 4.62. The van der Waals surface area contributed by atoms with E-state index in [1.165, 1.54) is 4.88 Å². The summed E-state index contributed by atoms with van der Waals surface area (Å²) in [5.74, 6) is 0.0482. The highest BCUT2D eigenvalue weighted by Gasteiger charge is 2.01. The number of amides is 1. The molecule has 0 saturated carbocycles. The van der Waals surface area contributed by atoms with Crippen molar-refractivity contribution in [1.82, 2.24) is 10.6 Å². The van der Waals surface area contributed by atoms with Gasteiger partial charge >= 0.3 is 0 Å². The molecule has 0 bridgehead atoms. The molecule has 0 spiro atoms. The van der Waals surface area contributed by atoms with Crippen LogP contribution in [0.5, 0.6) is 0 Å². The van der Waals surface area contributed by atoms with Gasteiger partial charge in [-0.2, -0.15) is 0 Å². The molecule has 0 fully saturated rings. The van der Waals surface area contributed by atoms with Crippen LogP contribution in [0.1, 0.15) is 18.7 Å². The van der Waals surface area contributed by atoms with Crippen LogP contribution in [0.4, 0.5) is 0 Å². The van der Waals surface area contributed by atoms with Crippen molar-refractivity contribution in [2.24, 2.45) is 0 Å². The second-order valence-electron chi connectivity index (χ2n) is 3.39. The van der Waals surface area contributed by atoms with Crippen molar-refractivity contribution in [1.29, 1.82) is 0 Å². The summed E-state index contributed by atoms with van der Waals surface area (Å²) in [5.41, 5.74) is 0. The molecular weight excluding hydrogens is 196 g/mol. The third-order valence-electron chi connectivity index (χ3n) is 1.71. The zero-order valence-corrected chi connectivity index (χ0v) is 9.36. The molecule has 1 heterocycles. The molecule has 2 N–H and O–H groups in total. The highest BCUT2D eigenvalue weighted by atomic mass is 32.1. The smallest absolute Gasteiger partial charge is 0.234 e. The number of rotatable bonds is 5. The van der Waals surface area contributed by atoms with Gasteiger partial charge in [0.15, 0.2) is 0 Å². The van der Waals surface area contributed by atoms with Crippen molar-refractivity contribution in [2.45, 2.75) is 26.4 Å². The van der Waals surface area contributed by atoms with E-state index in [2.05, 4.69) is 10.6 Å². The van der Waals surface area contributed by atoms with Crippen molar-refractivity contribution < 1.29 is 4.79 Å². The summed E-state index contributed by atoms with van der Waals surface area (Å²) in [5, 5.41) is 7.92. The first-order valence-electron chi connectivity index (χ1n) is 4.71. The SMILES string of the molecule is CC(C)NCC(=O)NCc1cccs1. The van der Waals surface area contributed by atoms with Gasteiger partial charge in [0.1, 0.15) is 0 Å². The summed E-state index contributed by atoms with van der Waals surface area (Å²) >= 11 is 1.65. The monoisotopic (exact) mass is 212 g/mol. The van der Waals surface area contributed by atoms with Crippen LogP contribution < -0.4 is 10.6 Å². The predicted octanol–water partition coefficient (Wildman–Crippen LogP) is 1.36. The van der Waals surface area contributed by atoms with Gasteiger partial charge in [0.25, 0.3) is 0 Å². The number of hydrogen-bond acceptors (Lipinski definition) is 3. The number of nitrogens with one attached hydrogen (secondary N) is 2. The Balaban J connectivity index is 2.15. The first-order valence-corrected chi connectivity index (χ1v) is 5.59. The molecule has 0 unspecified atom stereocenters. The standard InChI is InChI=1S/C10H16N2OS/c1-8(2)11-7-10(13)12-6-9-4-3-5-14-9/h3-5,8,11H,6-7H2,1-2H3,(H,12,13). The second kappa shape index (κ2) is 5.78. The average Bonchev–Trinajstić information content (AvgIpc) is 2.63. The van der Waals surface area contributed by atoms with Gasteiger partial charge in [-0.1, -0.05) is 19.9 Å². The highest BCUT2D eigenvalue weighted by molar-refractivity contribution is 7.09. The summed E-state index contributed by atoms with van der Waals surface area (Å²) in [6, 6.07) is 4.35. The van der Waals surface area contributed by atoms with E-state index in [1.54, 1.807) is 11.3 Å². The highest BCUT2D eigenvalue weighted by Crippen LogP contribution is 2.06. The van der Waals surface area contributed by atoms with Crippen LogP contribution in [0.25, 0.3) is 0 Å². The summed E-state index contributed by atoms with van der Waals surface area (Å²) < 4.78 is 0. The zero-order valence-electron chi connectivity index (χ0n) is 8.54. The van der Waals surface area contributed by atoms with Gasteiger partial charge in [0, 0.05) is 10.9 Å². The molecule has 0 aromatic carbocycles. The molecule has 1 aromatic heterocycles. The fourth-order valence-corrected chi connectivity index (χ4v) is 1.60. The quantitative estimate of drug-likeness (QED) is 0.774. The Morgan fingerprint density at radius 3 is 2.93 bits per heavy atom. The van der Waals surface area contributed by atoms with Crippen LogP contribution in [0.15, 0.2) is 17.5 Å². The Bertz CT molecular complexity index is 270. The van der Waals surface area contributed by atoms with Gasteiger partial charge in [-0.15, -0.1) is 11.3 Å². The minimum absolute atomic E-state index is 0.0482. The predicted molar refractivity (Wildman–Crippen MR) is 59.3 cm³/mol. The second-order valence-corrected chi connectivity index (χ2v) is 4.42. The van der Waals surface area contributed by atoms with E-state index in [0.717, 1.165) is 0 Å². The molecule has 1 rings (SSSR count). The van der Waals surface area contributed by atoms with Crippen LogP contribution in [-0.4, -0.2) is 18.5 Å². The first kappa shape index (κ1) is 11.2. The Hall–Kier alpha value is -0.870. The molecule has 14 heavy (non-hydrogen) atoms. The molecular formula is C10H16N2OS. The molecule has 4 heteroatoms. The van der Waals surface area contributed by atoms with Gasteiger partial charge in [-0.3, -0.25) is 4.79 Å². The molecule has 0 radical (unpaired) electrons. The van der Waals surface area contributed by atoms with Crippen molar-refractivity contribution in [3.8, 4) is 0 Å². The van der Waals surface area contributed by atoms with E-state index >= 15 is 0 Å². The van der Waals surface area contributed by atoms with E-state index in [0.29, 0.717) is 19.1 Å². The molecule has 0 aliphatic heterocycles. The number of carbonyl (C=O) groups excluding carboxylic acids is 1. The van der Waals surface area contributed by atoms with E-state index in [4.69, 9.17) is 0 Å². The maximum Gasteiger partial charge on any atom is 0.234 e. The van der Waals surface area contributed by atoms with Crippen LogP contribution in [0, 0.1) is 0 Å². The summed E-state index contributed by atoms with van der Waals surface area (Å²) in [7, 11) is 0. The van der Waals surface area contributed by atoms with Crippen molar-refractivity contribution >= 4 is 17.2 Å². The molecule has 78 valence electrons. The van der Waals surface area contributed by atoms with Crippen LogP contribution in [0.3, 0.4) is 0 Å². The van der Waals surface area contributed by atoms with Gasteiger partial charge in [0.05, 0.1) is 13.1 Å². The van der Waals surface area contributed by atoms with E-state index in [9.17, 15) is 4.79 Å². The molecule has 0 atom stereocenters. The van der Waals surface area contributed by atoms with Crippen molar-refractivity contribution in [2.75, 3.05) is 6.54 Å². The minimum Gasteiger partial charge on any atom is -0.350 e. The third kappa shape index (κ3) is 4.39. The topological polar surface area (TPSA) is 41.1 Å². The lowest BCUT2D eigenvalue weighted by molar-refractivity contribution is -0.120. The maximum absolute atomic E-state index is 11.3. The summed E-state index contributed by atoms with van der Waals surface area (Å²) in [4.78, 5) is 12.5. The molecule has 0 aliphatic rings.